The fraction of sp³-hybridized carbons (Fsp3) is 0.692. The number of rotatable bonds is 4. The fourth-order valence-corrected chi connectivity index (χ4v) is 4.38. The van der Waals surface area contributed by atoms with Crippen LogP contribution in [0.15, 0.2) is 17.2 Å². The van der Waals surface area contributed by atoms with E-state index in [9.17, 15) is 8.42 Å². The van der Waals surface area contributed by atoms with E-state index in [1.54, 1.807) is 16.6 Å². The molecule has 0 amide bonds. The molecule has 2 unspecified atom stereocenters. The van der Waals surface area contributed by atoms with Crippen LogP contribution >= 0.6 is 0 Å². The summed E-state index contributed by atoms with van der Waals surface area (Å²) in [6.07, 6.45) is 3.63. The molecule has 0 spiro atoms. The summed E-state index contributed by atoms with van der Waals surface area (Å²) in [5.74, 6) is 0.432. The minimum atomic E-state index is -3.37. The third-order valence-electron chi connectivity index (χ3n) is 3.75. The van der Waals surface area contributed by atoms with Crippen molar-refractivity contribution in [3.8, 4) is 0 Å². The molecular formula is C13H23N3O2S. The van der Waals surface area contributed by atoms with Gasteiger partial charge in [-0.2, -0.15) is 4.31 Å². The molecule has 1 aromatic heterocycles. The van der Waals surface area contributed by atoms with Gasteiger partial charge >= 0.3 is 0 Å². The van der Waals surface area contributed by atoms with Crippen molar-refractivity contribution in [2.24, 2.45) is 5.92 Å². The Hall–Kier alpha value is -0.850. The van der Waals surface area contributed by atoms with Gasteiger partial charge in [0.05, 0.1) is 4.90 Å². The maximum Gasteiger partial charge on any atom is 0.244 e. The first-order valence-electron chi connectivity index (χ1n) is 6.79. The second kappa shape index (κ2) is 5.64. The molecular weight excluding hydrogens is 262 g/mol. The zero-order chi connectivity index (χ0) is 14.0. The van der Waals surface area contributed by atoms with Crippen molar-refractivity contribution in [3.05, 3.63) is 18.0 Å². The molecule has 2 N–H and O–H groups in total. The smallest absolute Gasteiger partial charge is 0.244 e. The van der Waals surface area contributed by atoms with Gasteiger partial charge in [0.1, 0.15) is 0 Å². The largest absolute Gasteiger partial charge is 0.363 e. The van der Waals surface area contributed by atoms with Gasteiger partial charge < -0.3 is 10.3 Å². The molecule has 19 heavy (non-hydrogen) atoms. The lowest BCUT2D eigenvalue weighted by Gasteiger charge is -2.35. The van der Waals surface area contributed by atoms with Crippen LogP contribution in [0.2, 0.25) is 0 Å². The normalized spacial score (nSPS) is 25.6. The second-order valence-corrected chi connectivity index (χ2v) is 7.39. The summed E-state index contributed by atoms with van der Waals surface area (Å²) < 4.78 is 26.9. The van der Waals surface area contributed by atoms with Crippen LogP contribution in [0.1, 0.15) is 32.4 Å². The molecule has 0 aromatic carbocycles. The third kappa shape index (κ3) is 3.01. The van der Waals surface area contributed by atoms with Crippen LogP contribution in [-0.2, 0) is 16.6 Å². The molecule has 2 rings (SSSR count). The van der Waals surface area contributed by atoms with Crippen molar-refractivity contribution in [3.63, 3.8) is 0 Å². The van der Waals surface area contributed by atoms with E-state index in [1.165, 1.54) is 0 Å². The summed E-state index contributed by atoms with van der Waals surface area (Å²) in [6, 6.07) is 1.81. The van der Waals surface area contributed by atoms with Crippen LogP contribution in [-0.4, -0.2) is 37.3 Å². The predicted octanol–water partition coefficient (Wildman–Crippen LogP) is 1.54. The van der Waals surface area contributed by atoms with Crippen molar-refractivity contribution >= 4 is 10.0 Å². The van der Waals surface area contributed by atoms with Crippen molar-refractivity contribution < 1.29 is 8.42 Å². The van der Waals surface area contributed by atoms with Crippen LogP contribution in [0.3, 0.4) is 0 Å². The average molecular weight is 285 g/mol. The third-order valence-corrected chi connectivity index (χ3v) is 5.71. The van der Waals surface area contributed by atoms with Gasteiger partial charge in [-0.05, 0) is 38.8 Å². The van der Waals surface area contributed by atoms with Gasteiger partial charge in [-0.1, -0.05) is 6.92 Å². The molecule has 1 aromatic rings. The molecule has 0 saturated carbocycles. The number of nitrogens with zero attached hydrogens (tertiary/aromatic N) is 1. The number of aromatic nitrogens is 1. The van der Waals surface area contributed by atoms with Crippen LogP contribution < -0.4 is 5.32 Å². The lowest BCUT2D eigenvalue weighted by atomic mass is 9.97. The highest BCUT2D eigenvalue weighted by Gasteiger charge is 2.33. The van der Waals surface area contributed by atoms with Gasteiger partial charge in [0, 0.05) is 31.0 Å². The molecule has 2 heterocycles. The Bertz CT molecular complexity index is 524. The predicted molar refractivity (Wildman–Crippen MR) is 75.3 cm³/mol. The van der Waals surface area contributed by atoms with Crippen molar-refractivity contribution in [2.75, 3.05) is 13.6 Å². The Balaban J connectivity index is 2.24. The number of piperidine rings is 1. The molecule has 0 radical (unpaired) electrons. The summed E-state index contributed by atoms with van der Waals surface area (Å²) in [4.78, 5) is 3.38. The minimum absolute atomic E-state index is 0.0869. The number of H-pyrrole nitrogens is 1. The quantitative estimate of drug-likeness (QED) is 0.882. The lowest BCUT2D eigenvalue weighted by Crippen LogP contribution is -2.44. The van der Waals surface area contributed by atoms with E-state index in [0.29, 0.717) is 23.9 Å². The summed E-state index contributed by atoms with van der Waals surface area (Å²) in [5.41, 5.74) is 0.888. The maximum atomic E-state index is 12.6. The molecule has 0 bridgehead atoms. The van der Waals surface area contributed by atoms with Gasteiger partial charge in [-0.15, -0.1) is 0 Å². The summed E-state index contributed by atoms with van der Waals surface area (Å²) in [6.45, 7) is 5.36. The van der Waals surface area contributed by atoms with Gasteiger partial charge in [-0.3, -0.25) is 0 Å². The average Bonchev–Trinajstić information content (AvgIpc) is 2.82. The number of sulfonamides is 1. The van der Waals surface area contributed by atoms with E-state index < -0.39 is 10.0 Å². The molecule has 108 valence electrons. The van der Waals surface area contributed by atoms with E-state index in [1.807, 2.05) is 14.0 Å². The zero-order valence-electron chi connectivity index (χ0n) is 11.8. The van der Waals surface area contributed by atoms with Gasteiger partial charge in [0.25, 0.3) is 0 Å². The molecule has 6 heteroatoms. The van der Waals surface area contributed by atoms with E-state index in [0.717, 1.165) is 18.5 Å². The Morgan fingerprint density at radius 2 is 2.16 bits per heavy atom. The van der Waals surface area contributed by atoms with Crippen molar-refractivity contribution in [1.29, 1.82) is 0 Å². The van der Waals surface area contributed by atoms with Gasteiger partial charge in [0.15, 0.2) is 0 Å². The molecule has 1 saturated heterocycles. The Labute approximate surface area is 115 Å². The van der Waals surface area contributed by atoms with E-state index >= 15 is 0 Å². The number of hydrogen-bond acceptors (Lipinski definition) is 3. The minimum Gasteiger partial charge on any atom is -0.363 e. The number of aromatic amines is 1. The van der Waals surface area contributed by atoms with Gasteiger partial charge in [0.2, 0.25) is 10.0 Å². The van der Waals surface area contributed by atoms with Crippen LogP contribution in [0.4, 0.5) is 0 Å². The second-order valence-electron chi connectivity index (χ2n) is 5.50. The summed E-state index contributed by atoms with van der Waals surface area (Å²) in [5, 5.41) is 3.00. The van der Waals surface area contributed by atoms with Gasteiger partial charge in [-0.25, -0.2) is 8.42 Å². The maximum absolute atomic E-state index is 12.6. The first kappa shape index (κ1) is 14.6. The first-order chi connectivity index (χ1) is 8.95. The molecule has 1 fully saturated rings. The molecule has 2 atom stereocenters. The molecule has 1 aliphatic rings. The Morgan fingerprint density at radius 1 is 1.42 bits per heavy atom. The highest BCUT2D eigenvalue weighted by molar-refractivity contribution is 7.89. The van der Waals surface area contributed by atoms with Crippen molar-refractivity contribution in [2.45, 2.75) is 44.2 Å². The number of hydrogen-bond donors (Lipinski definition) is 2. The number of nitrogens with one attached hydrogen (secondary N) is 2. The van der Waals surface area contributed by atoms with E-state index in [4.69, 9.17) is 0 Å². The topological polar surface area (TPSA) is 65.2 Å². The van der Waals surface area contributed by atoms with Crippen LogP contribution in [0, 0.1) is 5.92 Å². The summed E-state index contributed by atoms with van der Waals surface area (Å²) in [7, 11) is -1.53. The monoisotopic (exact) mass is 285 g/mol. The molecule has 0 aliphatic carbocycles. The van der Waals surface area contributed by atoms with E-state index in [-0.39, 0.29) is 6.04 Å². The first-order valence-corrected chi connectivity index (χ1v) is 8.23. The highest BCUT2D eigenvalue weighted by Crippen LogP contribution is 2.28. The van der Waals surface area contributed by atoms with Crippen LogP contribution in [0.5, 0.6) is 0 Å². The fourth-order valence-electron chi connectivity index (χ4n) is 2.58. The molecule has 1 aliphatic heterocycles. The van der Waals surface area contributed by atoms with Crippen LogP contribution in [0.25, 0.3) is 0 Å². The Morgan fingerprint density at radius 3 is 2.84 bits per heavy atom. The summed E-state index contributed by atoms with van der Waals surface area (Å²) >= 11 is 0. The zero-order valence-corrected chi connectivity index (χ0v) is 12.6. The SMILES string of the molecule is CNCc1cc(S(=O)(=O)N2CC(C)CCC2C)c[nH]1. The standard InChI is InChI=1S/C13H23N3O2S/c1-10-4-5-11(2)16(9-10)19(17,18)13-6-12(7-14-3)15-8-13/h6,8,10-11,14-15H,4-5,7,9H2,1-3H3. The Kier molecular flexibility index (Phi) is 4.32. The highest BCUT2D eigenvalue weighted by atomic mass is 32.2. The lowest BCUT2D eigenvalue weighted by molar-refractivity contribution is 0.218. The van der Waals surface area contributed by atoms with E-state index in [2.05, 4.69) is 17.2 Å². The molecule has 5 nitrogen and oxygen atoms in total. The van der Waals surface area contributed by atoms with Crippen molar-refractivity contribution in [1.82, 2.24) is 14.6 Å².